The topological polar surface area (TPSA) is 35.2 Å². The third-order valence-corrected chi connectivity index (χ3v) is 2.34. The second kappa shape index (κ2) is 4.73. The highest BCUT2D eigenvalue weighted by molar-refractivity contribution is 5.66. The van der Waals surface area contributed by atoms with Crippen LogP contribution in [-0.2, 0) is 11.4 Å². The van der Waals surface area contributed by atoms with Crippen molar-refractivity contribution in [3.05, 3.63) is 60.2 Å². The predicted octanol–water partition coefficient (Wildman–Crippen LogP) is 2.74. The fraction of sp³-hybridized carbons (Fsp3) is 0.0769. The van der Waals surface area contributed by atoms with Crippen molar-refractivity contribution in [2.45, 2.75) is 6.61 Å². The van der Waals surface area contributed by atoms with Crippen LogP contribution in [-0.4, -0.2) is 0 Å². The molecule has 0 fully saturated rings. The lowest BCUT2D eigenvalue weighted by atomic mass is 10.0. The van der Waals surface area contributed by atoms with Gasteiger partial charge in [0.25, 0.3) is 0 Å². The van der Waals surface area contributed by atoms with Gasteiger partial charge in [0.05, 0.1) is 6.61 Å². The summed E-state index contributed by atoms with van der Waals surface area (Å²) in [6, 6.07) is 18.3. The van der Waals surface area contributed by atoms with Crippen LogP contribution < -0.4 is 5.90 Å². The molecule has 0 aliphatic carbocycles. The summed E-state index contributed by atoms with van der Waals surface area (Å²) in [6.45, 7) is 0.436. The molecule has 76 valence electrons. The van der Waals surface area contributed by atoms with Gasteiger partial charge in [0.1, 0.15) is 0 Å². The molecule has 0 aromatic heterocycles. The molecule has 0 radical (unpaired) electrons. The lowest BCUT2D eigenvalue weighted by Gasteiger charge is -2.07. The average molecular weight is 199 g/mol. The standard InChI is InChI=1S/C13H13NO/c14-15-10-12-8-4-5-9-13(12)11-6-2-1-3-7-11/h1-9H,10,14H2. The van der Waals surface area contributed by atoms with E-state index < -0.39 is 0 Å². The van der Waals surface area contributed by atoms with E-state index in [-0.39, 0.29) is 0 Å². The molecule has 0 aliphatic rings. The maximum absolute atomic E-state index is 5.11. The van der Waals surface area contributed by atoms with Crippen LogP contribution in [0.25, 0.3) is 11.1 Å². The van der Waals surface area contributed by atoms with Crippen molar-refractivity contribution in [3.63, 3.8) is 0 Å². The third-order valence-electron chi connectivity index (χ3n) is 2.34. The first-order chi connectivity index (χ1) is 7.42. The summed E-state index contributed by atoms with van der Waals surface area (Å²) in [5, 5.41) is 0. The minimum absolute atomic E-state index is 0.436. The normalized spacial score (nSPS) is 10.2. The Kier molecular flexibility index (Phi) is 3.12. The van der Waals surface area contributed by atoms with Crippen LogP contribution in [0.3, 0.4) is 0 Å². The van der Waals surface area contributed by atoms with E-state index in [2.05, 4.69) is 18.2 Å². The van der Waals surface area contributed by atoms with Gasteiger partial charge in [-0.2, -0.15) is 0 Å². The van der Waals surface area contributed by atoms with Gasteiger partial charge in [-0.1, -0.05) is 54.6 Å². The van der Waals surface area contributed by atoms with Crippen molar-refractivity contribution in [2.24, 2.45) is 5.90 Å². The smallest absolute Gasteiger partial charge is 0.0936 e. The molecule has 0 unspecified atom stereocenters. The summed E-state index contributed by atoms with van der Waals surface area (Å²) >= 11 is 0. The fourth-order valence-electron chi connectivity index (χ4n) is 1.64. The third kappa shape index (κ3) is 2.24. The zero-order valence-corrected chi connectivity index (χ0v) is 8.39. The monoisotopic (exact) mass is 199 g/mol. The van der Waals surface area contributed by atoms with Crippen LogP contribution in [0, 0.1) is 0 Å². The summed E-state index contributed by atoms with van der Waals surface area (Å²) in [5.74, 6) is 5.11. The Morgan fingerprint density at radius 1 is 0.867 bits per heavy atom. The number of hydrogen-bond donors (Lipinski definition) is 1. The molecular weight excluding hydrogens is 186 g/mol. The van der Waals surface area contributed by atoms with Gasteiger partial charge in [-0.15, -0.1) is 0 Å². The first-order valence-corrected chi connectivity index (χ1v) is 4.87. The van der Waals surface area contributed by atoms with E-state index in [1.54, 1.807) is 0 Å². The van der Waals surface area contributed by atoms with Crippen LogP contribution in [0.15, 0.2) is 54.6 Å². The van der Waals surface area contributed by atoms with Crippen molar-refractivity contribution in [1.29, 1.82) is 0 Å². The minimum atomic E-state index is 0.436. The molecule has 2 rings (SSSR count). The van der Waals surface area contributed by atoms with E-state index in [0.29, 0.717) is 6.61 Å². The van der Waals surface area contributed by atoms with Gasteiger partial charge < -0.3 is 0 Å². The summed E-state index contributed by atoms with van der Waals surface area (Å²) in [4.78, 5) is 4.69. The van der Waals surface area contributed by atoms with Crippen molar-refractivity contribution in [3.8, 4) is 11.1 Å². The Balaban J connectivity index is 2.43. The van der Waals surface area contributed by atoms with E-state index in [9.17, 15) is 0 Å². The molecule has 2 nitrogen and oxygen atoms in total. The Morgan fingerprint density at radius 2 is 1.53 bits per heavy atom. The largest absolute Gasteiger partial charge is 0.300 e. The number of nitrogens with two attached hydrogens (primary N) is 1. The zero-order valence-electron chi connectivity index (χ0n) is 8.39. The molecular formula is C13H13NO. The second-order valence-corrected chi connectivity index (χ2v) is 3.33. The van der Waals surface area contributed by atoms with E-state index in [1.807, 2.05) is 36.4 Å². The highest BCUT2D eigenvalue weighted by Crippen LogP contribution is 2.23. The van der Waals surface area contributed by atoms with Gasteiger partial charge in [-0.3, -0.25) is 4.84 Å². The fourth-order valence-corrected chi connectivity index (χ4v) is 1.64. The van der Waals surface area contributed by atoms with Crippen LogP contribution in [0.2, 0.25) is 0 Å². The molecule has 2 N–H and O–H groups in total. The van der Waals surface area contributed by atoms with Crippen LogP contribution in [0.4, 0.5) is 0 Å². The van der Waals surface area contributed by atoms with Gasteiger partial charge in [-0.25, -0.2) is 5.90 Å². The van der Waals surface area contributed by atoms with E-state index in [4.69, 9.17) is 10.7 Å². The van der Waals surface area contributed by atoms with Gasteiger partial charge in [-0.05, 0) is 16.7 Å². The Hall–Kier alpha value is -1.64. The van der Waals surface area contributed by atoms with Crippen LogP contribution in [0.1, 0.15) is 5.56 Å². The van der Waals surface area contributed by atoms with Crippen LogP contribution in [0.5, 0.6) is 0 Å². The minimum Gasteiger partial charge on any atom is -0.300 e. The Bertz CT molecular complexity index is 426. The molecule has 0 aliphatic heterocycles. The Morgan fingerprint density at radius 3 is 2.27 bits per heavy atom. The first kappa shape index (κ1) is 9.90. The summed E-state index contributed by atoms with van der Waals surface area (Å²) < 4.78 is 0. The van der Waals surface area contributed by atoms with Crippen LogP contribution >= 0.6 is 0 Å². The molecule has 0 heterocycles. The van der Waals surface area contributed by atoms with Crippen molar-refractivity contribution in [1.82, 2.24) is 0 Å². The zero-order chi connectivity index (χ0) is 10.5. The maximum Gasteiger partial charge on any atom is 0.0936 e. The van der Waals surface area contributed by atoms with E-state index >= 15 is 0 Å². The maximum atomic E-state index is 5.11. The number of rotatable bonds is 3. The molecule has 2 aromatic carbocycles. The molecule has 0 amide bonds. The molecule has 0 spiro atoms. The number of benzene rings is 2. The van der Waals surface area contributed by atoms with Gasteiger partial charge >= 0.3 is 0 Å². The first-order valence-electron chi connectivity index (χ1n) is 4.87. The van der Waals surface area contributed by atoms with Crippen molar-refractivity contribution in [2.75, 3.05) is 0 Å². The van der Waals surface area contributed by atoms with Crippen molar-refractivity contribution < 1.29 is 4.84 Å². The summed E-state index contributed by atoms with van der Waals surface area (Å²) in [6.07, 6.45) is 0. The van der Waals surface area contributed by atoms with E-state index in [0.717, 1.165) is 5.56 Å². The van der Waals surface area contributed by atoms with E-state index in [1.165, 1.54) is 11.1 Å². The highest BCUT2D eigenvalue weighted by atomic mass is 16.6. The lowest BCUT2D eigenvalue weighted by Crippen LogP contribution is -2.00. The molecule has 0 atom stereocenters. The van der Waals surface area contributed by atoms with Crippen molar-refractivity contribution >= 4 is 0 Å². The lowest BCUT2D eigenvalue weighted by molar-refractivity contribution is 0.124. The van der Waals surface area contributed by atoms with Gasteiger partial charge in [0.2, 0.25) is 0 Å². The SMILES string of the molecule is NOCc1ccccc1-c1ccccc1. The second-order valence-electron chi connectivity index (χ2n) is 3.33. The molecule has 0 saturated carbocycles. The molecule has 15 heavy (non-hydrogen) atoms. The molecule has 2 heteroatoms. The highest BCUT2D eigenvalue weighted by Gasteiger charge is 2.02. The summed E-state index contributed by atoms with van der Waals surface area (Å²) in [5.41, 5.74) is 3.46. The molecule has 0 bridgehead atoms. The predicted molar refractivity (Wildman–Crippen MR) is 60.9 cm³/mol. The molecule has 2 aromatic rings. The molecule has 0 saturated heterocycles. The van der Waals surface area contributed by atoms with Gasteiger partial charge in [0, 0.05) is 0 Å². The summed E-state index contributed by atoms with van der Waals surface area (Å²) in [7, 11) is 0. The van der Waals surface area contributed by atoms with Gasteiger partial charge in [0.15, 0.2) is 0 Å². The number of hydrogen-bond acceptors (Lipinski definition) is 2. The average Bonchev–Trinajstić information content (AvgIpc) is 2.31. The quantitative estimate of drug-likeness (QED) is 0.771. The Labute approximate surface area is 89.3 Å².